The van der Waals surface area contributed by atoms with Gasteiger partial charge < -0.3 is 5.32 Å². The van der Waals surface area contributed by atoms with Crippen LogP contribution >= 0.6 is 11.6 Å². The Morgan fingerprint density at radius 1 is 1.62 bits per heavy atom. The molecule has 1 aliphatic heterocycles. The standard InChI is InChI=1S/C8H11ClN4/c1-5(2)13-7-6(3-12-13)10-4-11-8(7)9/h3,5,10H,4H2,1-2H3. The molecule has 1 aromatic rings. The van der Waals surface area contributed by atoms with Gasteiger partial charge in [0.15, 0.2) is 5.17 Å². The number of anilines is 1. The molecule has 0 aromatic carbocycles. The first-order valence-electron chi connectivity index (χ1n) is 4.22. The summed E-state index contributed by atoms with van der Waals surface area (Å²) >= 11 is 5.99. The molecule has 70 valence electrons. The first-order valence-corrected chi connectivity index (χ1v) is 4.59. The second-order valence-corrected chi connectivity index (χ2v) is 3.59. The fraction of sp³-hybridized carbons (Fsp3) is 0.500. The largest absolute Gasteiger partial charge is 0.363 e. The molecule has 0 amide bonds. The van der Waals surface area contributed by atoms with Crippen LogP contribution in [-0.2, 0) is 0 Å². The Hall–Kier alpha value is -1.03. The molecular formula is C8H11ClN4. The van der Waals surface area contributed by atoms with Crippen molar-refractivity contribution in [2.75, 3.05) is 12.0 Å². The van der Waals surface area contributed by atoms with Gasteiger partial charge in [-0.25, -0.2) is 4.99 Å². The van der Waals surface area contributed by atoms with Crippen LogP contribution in [0.1, 0.15) is 25.6 Å². The van der Waals surface area contributed by atoms with Crippen LogP contribution in [0.25, 0.3) is 0 Å². The van der Waals surface area contributed by atoms with Crippen LogP contribution in [0.15, 0.2) is 11.2 Å². The predicted octanol–water partition coefficient (Wildman–Crippen LogP) is 1.83. The number of fused-ring (bicyclic) bond motifs is 1. The van der Waals surface area contributed by atoms with Crippen molar-refractivity contribution >= 4 is 22.5 Å². The van der Waals surface area contributed by atoms with Gasteiger partial charge in [0.05, 0.1) is 11.9 Å². The molecule has 0 unspecified atom stereocenters. The quantitative estimate of drug-likeness (QED) is 0.748. The van der Waals surface area contributed by atoms with Gasteiger partial charge in [0.25, 0.3) is 0 Å². The number of nitrogens with zero attached hydrogens (tertiary/aromatic N) is 3. The Morgan fingerprint density at radius 2 is 2.38 bits per heavy atom. The highest BCUT2D eigenvalue weighted by molar-refractivity contribution is 6.70. The normalized spacial score (nSPS) is 15.2. The van der Waals surface area contributed by atoms with E-state index in [1.54, 1.807) is 6.20 Å². The molecule has 0 atom stereocenters. The van der Waals surface area contributed by atoms with Gasteiger partial charge in [-0.2, -0.15) is 5.10 Å². The molecule has 5 heteroatoms. The predicted molar refractivity (Wildman–Crippen MR) is 53.5 cm³/mol. The summed E-state index contributed by atoms with van der Waals surface area (Å²) < 4.78 is 1.87. The molecule has 4 nitrogen and oxygen atoms in total. The van der Waals surface area contributed by atoms with E-state index in [0.29, 0.717) is 17.9 Å². The average molecular weight is 199 g/mol. The summed E-state index contributed by atoms with van der Waals surface area (Å²) in [7, 11) is 0. The third kappa shape index (κ3) is 1.31. The fourth-order valence-corrected chi connectivity index (χ4v) is 1.61. The minimum Gasteiger partial charge on any atom is -0.363 e. The van der Waals surface area contributed by atoms with Gasteiger partial charge in [0, 0.05) is 6.04 Å². The molecule has 1 aromatic heterocycles. The first-order chi connectivity index (χ1) is 6.20. The van der Waals surface area contributed by atoms with E-state index in [1.807, 2.05) is 4.68 Å². The number of hydrogen-bond acceptors (Lipinski definition) is 3. The number of rotatable bonds is 1. The second-order valence-electron chi connectivity index (χ2n) is 3.23. The molecule has 0 fully saturated rings. The van der Waals surface area contributed by atoms with E-state index in [0.717, 1.165) is 11.4 Å². The van der Waals surface area contributed by atoms with Crippen molar-refractivity contribution in [3.05, 3.63) is 11.9 Å². The summed E-state index contributed by atoms with van der Waals surface area (Å²) in [5.41, 5.74) is 1.86. The van der Waals surface area contributed by atoms with E-state index in [4.69, 9.17) is 11.6 Å². The summed E-state index contributed by atoms with van der Waals surface area (Å²) in [6.45, 7) is 4.66. The van der Waals surface area contributed by atoms with E-state index < -0.39 is 0 Å². The summed E-state index contributed by atoms with van der Waals surface area (Å²) in [4.78, 5) is 4.10. The molecule has 0 spiro atoms. The fourth-order valence-electron chi connectivity index (χ4n) is 1.36. The highest BCUT2D eigenvalue weighted by Crippen LogP contribution is 2.23. The second kappa shape index (κ2) is 3.03. The smallest absolute Gasteiger partial charge is 0.153 e. The minimum atomic E-state index is 0.299. The maximum atomic E-state index is 5.99. The van der Waals surface area contributed by atoms with Gasteiger partial charge in [-0.1, -0.05) is 11.6 Å². The lowest BCUT2D eigenvalue weighted by atomic mass is 10.3. The Morgan fingerprint density at radius 3 is 3.08 bits per heavy atom. The zero-order valence-electron chi connectivity index (χ0n) is 7.58. The van der Waals surface area contributed by atoms with Gasteiger partial charge >= 0.3 is 0 Å². The average Bonchev–Trinajstić information content (AvgIpc) is 2.49. The van der Waals surface area contributed by atoms with Gasteiger partial charge in [-0.05, 0) is 13.8 Å². The number of aliphatic imine (C=N–C) groups is 1. The molecule has 0 aliphatic carbocycles. The molecule has 13 heavy (non-hydrogen) atoms. The Labute approximate surface area is 81.6 Å². The number of halogens is 1. The Kier molecular flexibility index (Phi) is 2.00. The number of aromatic nitrogens is 2. The zero-order chi connectivity index (χ0) is 9.42. The first kappa shape index (κ1) is 8.56. The summed E-state index contributed by atoms with van der Waals surface area (Å²) in [5, 5.41) is 7.89. The summed E-state index contributed by atoms with van der Waals surface area (Å²) in [5.74, 6) is 0. The van der Waals surface area contributed by atoms with Gasteiger partial charge in [0.2, 0.25) is 0 Å². The van der Waals surface area contributed by atoms with Crippen molar-refractivity contribution in [2.45, 2.75) is 19.9 Å². The van der Waals surface area contributed by atoms with Crippen LogP contribution in [0.5, 0.6) is 0 Å². The van der Waals surface area contributed by atoms with Crippen LogP contribution < -0.4 is 5.32 Å². The molecule has 0 radical (unpaired) electrons. The van der Waals surface area contributed by atoms with E-state index in [1.165, 1.54) is 0 Å². The van der Waals surface area contributed by atoms with Crippen molar-refractivity contribution in [3.63, 3.8) is 0 Å². The van der Waals surface area contributed by atoms with Crippen molar-refractivity contribution in [3.8, 4) is 0 Å². The van der Waals surface area contributed by atoms with Crippen LogP contribution in [0.2, 0.25) is 0 Å². The maximum Gasteiger partial charge on any atom is 0.153 e. The monoisotopic (exact) mass is 198 g/mol. The molecule has 2 rings (SSSR count). The number of hydrogen-bond donors (Lipinski definition) is 1. The summed E-state index contributed by atoms with van der Waals surface area (Å²) in [6, 6.07) is 0.299. The minimum absolute atomic E-state index is 0.299. The SMILES string of the molecule is CC(C)n1ncc2c1C(Cl)=NCN2. The molecule has 0 saturated heterocycles. The van der Waals surface area contributed by atoms with Gasteiger partial charge in [0.1, 0.15) is 12.4 Å². The van der Waals surface area contributed by atoms with E-state index in [9.17, 15) is 0 Å². The van der Waals surface area contributed by atoms with Crippen LogP contribution in [-0.4, -0.2) is 21.6 Å². The number of nitrogens with one attached hydrogen (secondary N) is 1. The highest BCUT2D eigenvalue weighted by atomic mass is 35.5. The highest BCUT2D eigenvalue weighted by Gasteiger charge is 2.19. The topological polar surface area (TPSA) is 42.2 Å². The maximum absolute atomic E-state index is 5.99. The Bertz CT molecular complexity index is 353. The molecule has 1 aliphatic rings. The lowest BCUT2D eigenvalue weighted by molar-refractivity contribution is 0.529. The Balaban J connectivity index is 2.53. The van der Waals surface area contributed by atoms with E-state index >= 15 is 0 Å². The van der Waals surface area contributed by atoms with Crippen molar-refractivity contribution in [1.82, 2.24) is 9.78 Å². The molecule has 1 N–H and O–H groups in total. The third-order valence-corrected chi connectivity index (χ3v) is 2.27. The molecule has 0 saturated carbocycles. The van der Waals surface area contributed by atoms with Crippen molar-refractivity contribution in [1.29, 1.82) is 0 Å². The summed E-state index contributed by atoms with van der Waals surface area (Å²) in [6.07, 6.45) is 1.78. The molecule has 2 heterocycles. The van der Waals surface area contributed by atoms with Crippen LogP contribution in [0.4, 0.5) is 5.69 Å². The van der Waals surface area contributed by atoms with Crippen molar-refractivity contribution < 1.29 is 0 Å². The van der Waals surface area contributed by atoms with Crippen LogP contribution in [0.3, 0.4) is 0 Å². The third-order valence-electron chi connectivity index (χ3n) is 1.97. The lowest BCUT2D eigenvalue weighted by Gasteiger charge is -2.14. The van der Waals surface area contributed by atoms with E-state index in [2.05, 4.69) is 29.3 Å². The van der Waals surface area contributed by atoms with Gasteiger partial charge in [-0.15, -0.1) is 0 Å². The molecular weight excluding hydrogens is 188 g/mol. The molecule has 0 bridgehead atoms. The zero-order valence-corrected chi connectivity index (χ0v) is 8.34. The van der Waals surface area contributed by atoms with Gasteiger partial charge in [-0.3, -0.25) is 4.68 Å². The van der Waals surface area contributed by atoms with Crippen molar-refractivity contribution in [2.24, 2.45) is 4.99 Å². The lowest BCUT2D eigenvalue weighted by Crippen LogP contribution is -2.16. The van der Waals surface area contributed by atoms with Crippen LogP contribution in [0, 0.1) is 0 Å². The van der Waals surface area contributed by atoms with E-state index in [-0.39, 0.29) is 0 Å².